The summed E-state index contributed by atoms with van der Waals surface area (Å²) < 4.78 is 0.604. The zero-order valence-electron chi connectivity index (χ0n) is 9.91. The number of allylic oxidation sites excluding steroid dienone is 2. The van der Waals surface area contributed by atoms with E-state index >= 15 is 0 Å². The van der Waals surface area contributed by atoms with E-state index in [2.05, 4.69) is 77.6 Å². The van der Waals surface area contributed by atoms with Crippen molar-refractivity contribution >= 4 is 63.7 Å². The van der Waals surface area contributed by atoms with E-state index in [1.165, 1.54) is 49.7 Å². The van der Waals surface area contributed by atoms with Crippen LogP contribution in [-0.4, -0.2) is 7.47 Å². The summed E-state index contributed by atoms with van der Waals surface area (Å²) in [4.78, 5) is 0. The minimum Gasteiger partial charge on any atom is -0.0715 e. The number of rotatable bonds is 8. The van der Waals surface area contributed by atoms with E-state index in [9.17, 15) is 0 Å². The van der Waals surface area contributed by atoms with E-state index in [1.54, 1.807) is 0 Å². The molecule has 0 rings (SSSR count). The van der Waals surface area contributed by atoms with Crippen LogP contribution in [0.25, 0.3) is 0 Å². The van der Waals surface area contributed by atoms with Gasteiger partial charge in [0, 0.05) is 0 Å². The lowest BCUT2D eigenvalue weighted by Gasteiger charge is -2.18. The van der Waals surface area contributed by atoms with Gasteiger partial charge in [0.2, 0.25) is 0 Å². The Hall–Kier alpha value is 1.66. The summed E-state index contributed by atoms with van der Waals surface area (Å²) in [5, 5.41) is 0. The molecule has 16 heavy (non-hydrogen) atoms. The fraction of sp³-hybridized carbons (Fsp3) is 0.833. The molecule has 0 saturated carbocycles. The van der Waals surface area contributed by atoms with Gasteiger partial charge in [0.25, 0.3) is 0 Å². The molecule has 0 bridgehead atoms. The predicted octanol–water partition coefficient (Wildman–Crippen LogP) is 6.90. The van der Waals surface area contributed by atoms with Crippen LogP contribution in [-0.2, 0) is 0 Å². The molecule has 4 heteroatoms. The van der Waals surface area contributed by atoms with Crippen LogP contribution >= 0.6 is 63.7 Å². The Balaban J connectivity index is 4.78. The Labute approximate surface area is 134 Å². The van der Waals surface area contributed by atoms with Gasteiger partial charge in [-0.3, -0.25) is 0 Å². The van der Waals surface area contributed by atoms with Crippen molar-refractivity contribution < 1.29 is 0 Å². The van der Waals surface area contributed by atoms with Crippen molar-refractivity contribution in [3.8, 4) is 0 Å². The molecule has 0 aromatic rings. The molecule has 0 spiro atoms. The summed E-state index contributed by atoms with van der Waals surface area (Å²) in [5.41, 5.74) is 2.99. The lowest BCUT2D eigenvalue weighted by Crippen LogP contribution is -2.05. The molecule has 0 nitrogen and oxygen atoms in total. The van der Waals surface area contributed by atoms with Gasteiger partial charge in [-0.05, 0) is 36.8 Å². The molecular formula is C12H20Br4. The first-order valence-electron chi connectivity index (χ1n) is 5.82. The average molecular weight is 484 g/mol. The van der Waals surface area contributed by atoms with Crippen molar-refractivity contribution in [3.63, 3.8) is 0 Å². The topological polar surface area (TPSA) is 0 Å². The number of unbranched alkanes of at least 4 members (excludes halogenated alkanes) is 2. The number of alkyl halides is 4. The molecule has 0 radical (unpaired) electrons. The Morgan fingerprint density at radius 2 is 1.06 bits per heavy atom. The fourth-order valence-electron chi connectivity index (χ4n) is 1.55. The second-order valence-corrected chi connectivity index (χ2v) is 9.98. The van der Waals surface area contributed by atoms with Crippen LogP contribution in [0.5, 0.6) is 0 Å². The fourth-order valence-corrected chi connectivity index (χ4v) is 3.65. The van der Waals surface area contributed by atoms with Crippen LogP contribution in [0.2, 0.25) is 0 Å². The van der Waals surface area contributed by atoms with Crippen LogP contribution in [0.3, 0.4) is 0 Å². The quantitative estimate of drug-likeness (QED) is 0.260. The maximum absolute atomic E-state index is 3.65. The van der Waals surface area contributed by atoms with Gasteiger partial charge in [0.1, 0.15) is 0 Å². The van der Waals surface area contributed by atoms with Gasteiger partial charge < -0.3 is 0 Å². The van der Waals surface area contributed by atoms with Gasteiger partial charge in [-0.2, -0.15) is 0 Å². The Bertz CT molecular complexity index is 187. The van der Waals surface area contributed by atoms with Crippen molar-refractivity contribution in [2.75, 3.05) is 0 Å². The molecule has 0 fully saturated rings. The summed E-state index contributed by atoms with van der Waals surface area (Å²) >= 11 is 14.6. The van der Waals surface area contributed by atoms with E-state index in [0.29, 0.717) is 7.47 Å². The largest absolute Gasteiger partial charge is 0.0909 e. The van der Waals surface area contributed by atoms with Gasteiger partial charge in [-0.15, -0.1) is 0 Å². The standard InChI is InChI=1S/C12H20Br4/c1-3-5-7-9(11(13)14)10(12(15)16)8-6-4-2/h11-12H,3-8H2,1-2H3/b10-9+. The maximum Gasteiger partial charge on any atom is 0.0909 e. The molecule has 0 aliphatic heterocycles. The average Bonchev–Trinajstić information content (AvgIpc) is 2.21. The Morgan fingerprint density at radius 3 is 1.25 bits per heavy atom. The van der Waals surface area contributed by atoms with Gasteiger partial charge in [0.15, 0.2) is 0 Å². The smallest absolute Gasteiger partial charge is 0.0715 e. The van der Waals surface area contributed by atoms with Crippen LogP contribution in [0.15, 0.2) is 11.1 Å². The zero-order chi connectivity index (χ0) is 12.6. The van der Waals surface area contributed by atoms with E-state index in [0.717, 1.165) is 0 Å². The van der Waals surface area contributed by atoms with Crippen LogP contribution < -0.4 is 0 Å². The maximum atomic E-state index is 3.65. The molecule has 0 aromatic carbocycles. The summed E-state index contributed by atoms with van der Waals surface area (Å²) in [6.07, 6.45) is 7.34. The van der Waals surface area contributed by atoms with Gasteiger partial charge in [-0.25, -0.2) is 0 Å². The molecule has 0 aliphatic rings. The lowest BCUT2D eigenvalue weighted by atomic mass is 10.0. The summed E-state index contributed by atoms with van der Waals surface area (Å²) in [6, 6.07) is 0. The SMILES string of the molecule is CCCC/C(=C(/CCCC)C(Br)Br)C(Br)Br. The first-order chi connectivity index (χ1) is 7.54. The summed E-state index contributed by atoms with van der Waals surface area (Å²) in [6.45, 7) is 4.47. The van der Waals surface area contributed by atoms with Crippen molar-refractivity contribution in [1.29, 1.82) is 0 Å². The third-order valence-electron chi connectivity index (χ3n) is 2.54. The molecule has 0 N–H and O–H groups in total. The number of halogens is 4. The second-order valence-electron chi connectivity index (χ2n) is 3.86. The molecule has 0 saturated heterocycles. The van der Waals surface area contributed by atoms with E-state index < -0.39 is 0 Å². The van der Waals surface area contributed by atoms with Crippen molar-refractivity contribution in [1.82, 2.24) is 0 Å². The highest BCUT2D eigenvalue weighted by atomic mass is 79.9. The van der Waals surface area contributed by atoms with E-state index in [4.69, 9.17) is 0 Å². The molecule has 0 unspecified atom stereocenters. The third-order valence-corrected chi connectivity index (χ3v) is 4.75. The van der Waals surface area contributed by atoms with Gasteiger partial charge in [-0.1, -0.05) is 90.4 Å². The predicted molar refractivity (Wildman–Crippen MR) is 89.4 cm³/mol. The zero-order valence-corrected chi connectivity index (χ0v) is 16.3. The second kappa shape index (κ2) is 10.6. The molecule has 0 heterocycles. The highest BCUT2D eigenvalue weighted by molar-refractivity contribution is 9.25. The Kier molecular flexibility index (Phi) is 11.7. The first kappa shape index (κ1) is 17.7. The van der Waals surface area contributed by atoms with Crippen LogP contribution in [0, 0.1) is 0 Å². The summed E-state index contributed by atoms with van der Waals surface area (Å²) in [5.74, 6) is 0. The number of hydrogen-bond donors (Lipinski definition) is 0. The minimum atomic E-state index is 0.302. The normalized spacial score (nSPS) is 13.5. The monoisotopic (exact) mass is 480 g/mol. The molecule has 96 valence electrons. The third kappa shape index (κ3) is 7.17. The van der Waals surface area contributed by atoms with Crippen LogP contribution in [0.1, 0.15) is 52.4 Å². The summed E-state index contributed by atoms with van der Waals surface area (Å²) in [7, 11) is 0. The molecule has 0 atom stereocenters. The van der Waals surface area contributed by atoms with Crippen molar-refractivity contribution in [3.05, 3.63) is 11.1 Å². The van der Waals surface area contributed by atoms with Crippen molar-refractivity contribution in [2.24, 2.45) is 0 Å². The van der Waals surface area contributed by atoms with E-state index in [1.807, 2.05) is 0 Å². The highest BCUT2D eigenvalue weighted by Crippen LogP contribution is 2.34. The van der Waals surface area contributed by atoms with Crippen molar-refractivity contribution in [2.45, 2.75) is 59.8 Å². The molecule has 0 amide bonds. The molecule has 0 aliphatic carbocycles. The number of hydrogen-bond acceptors (Lipinski definition) is 0. The highest BCUT2D eigenvalue weighted by Gasteiger charge is 2.16. The Morgan fingerprint density at radius 1 is 0.750 bits per heavy atom. The van der Waals surface area contributed by atoms with Gasteiger partial charge in [0.05, 0.1) is 7.47 Å². The van der Waals surface area contributed by atoms with E-state index in [-0.39, 0.29) is 0 Å². The first-order valence-corrected chi connectivity index (χ1v) is 9.48. The lowest BCUT2D eigenvalue weighted by molar-refractivity contribution is 0.745. The molecule has 0 aromatic heterocycles. The van der Waals surface area contributed by atoms with Crippen LogP contribution in [0.4, 0.5) is 0 Å². The minimum absolute atomic E-state index is 0.302. The van der Waals surface area contributed by atoms with Gasteiger partial charge >= 0.3 is 0 Å². The molecular weight excluding hydrogens is 464 g/mol.